The average molecular weight is 284 g/mol. The molecule has 6 nitrogen and oxygen atoms in total. The molecule has 2 saturated heterocycles. The van der Waals surface area contributed by atoms with E-state index in [9.17, 15) is 9.59 Å². The molecule has 20 heavy (non-hydrogen) atoms. The van der Waals surface area contributed by atoms with E-state index in [1.807, 2.05) is 41.5 Å². The molecule has 0 aromatic rings. The Bertz CT molecular complexity index is 382. The molecule has 0 radical (unpaired) electrons. The van der Waals surface area contributed by atoms with E-state index in [4.69, 9.17) is 9.47 Å². The highest BCUT2D eigenvalue weighted by atomic mass is 16.6. The summed E-state index contributed by atoms with van der Waals surface area (Å²) >= 11 is 0. The van der Waals surface area contributed by atoms with Gasteiger partial charge in [-0.25, -0.2) is 9.59 Å². The molecule has 0 N–H and O–H groups in total. The first-order valence-electron chi connectivity index (χ1n) is 6.97. The Morgan fingerprint density at radius 3 is 1.35 bits per heavy atom. The summed E-state index contributed by atoms with van der Waals surface area (Å²) in [7, 11) is 0. The molecule has 0 aromatic carbocycles. The smallest absolute Gasteiger partial charge is 0.410 e. The van der Waals surface area contributed by atoms with Gasteiger partial charge in [-0.1, -0.05) is 0 Å². The van der Waals surface area contributed by atoms with Crippen LogP contribution in [0.4, 0.5) is 9.59 Å². The van der Waals surface area contributed by atoms with E-state index < -0.39 is 11.2 Å². The lowest BCUT2D eigenvalue weighted by Gasteiger charge is -2.20. The molecule has 0 aromatic heterocycles. The van der Waals surface area contributed by atoms with Crippen molar-refractivity contribution < 1.29 is 19.1 Å². The lowest BCUT2D eigenvalue weighted by molar-refractivity contribution is 0.0361. The van der Waals surface area contributed by atoms with Crippen LogP contribution in [-0.4, -0.2) is 58.4 Å². The Labute approximate surface area is 120 Å². The average Bonchev–Trinajstić information content (AvgIpc) is 3.06. The third kappa shape index (κ3) is 3.77. The minimum atomic E-state index is -0.487. The zero-order valence-electron chi connectivity index (χ0n) is 13.1. The SMILES string of the molecule is CC(C)(C)OC(=O)N1C[C@@H]1[C@H]1CN1C(=O)OC(C)(C)C. The molecule has 2 heterocycles. The molecule has 0 unspecified atom stereocenters. The van der Waals surface area contributed by atoms with Gasteiger partial charge in [0.1, 0.15) is 11.2 Å². The van der Waals surface area contributed by atoms with Crippen LogP contribution in [0.15, 0.2) is 0 Å². The van der Waals surface area contributed by atoms with Crippen molar-refractivity contribution in [3.05, 3.63) is 0 Å². The number of hydrogen-bond acceptors (Lipinski definition) is 4. The van der Waals surface area contributed by atoms with Crippen molar-refractivity contribution in [2.24, 2.45) is 0 Å². The van der Waals surface area contributed by atoms with Gasteiger partial charge < -0.3 is 9.47 Å². The number of nitrogens with zero attached hydrogens (tertiary/aromatic N) is 2. The number of hydrogen-bond donors (Lipinski definition) is 0. The highest BCUT2D eigenvalue weighted by molar-refractivity contribution is 5.75. The minimum absolute atomic E-state index is 0.0809. The molecule has 2 amide bonds. The van der Waals surface area contributed by atoms with Gasteiger partial charge in [-0.2, -0.15) is 0 Å². The van der Waals surface area contributed by atoms with Gasteiger partial charge in [0, 0.05) is 13.1 Å². The van der Waals surface area contributed by atoms with Crippen molar-refractivity contribution in [1.29, 1.82) is 0 Å². The zero-order valence-corrected chi connectivity index (χ0v) is 13.1. The first-order chi connectivity index (χ1) is 8.98. The van der Waals surface area contributed by atoms with Gasteiger partial charge in [-0.15, -0.1) is 0 Å². The lowest BCUT2D eigenvalue weighted by Crippen LogP contribution is -2.30. The van der Waals surface area contributed by atoms with E-state index in [2.05, 4.69) is 0 Å². The second kappa shape index (κ2) is 4.53. The van der Waals surface area contributed by atoms with Crippen LogP contribution in [0.1, 0.15) is 41.5 Å². The Morgan fingerprint density at radius 1 is 0.800 bits per heavy atom. The molecule has 0 aliphatic carbocycles. The number of carbonyl (C=O) groups excluding carboxylic acids is 2. The second-order valence-electron chi connectivity index (χ2n) is 7.40. The molecule has 6 heteroatoms. The van der Waals surface area contributed by atoms with Crippen LogP contribution in [0.2, 0.25) is 0 Å². The van der Waals surface area contributed by atoms with Crippen LogP contribution in [0.5, 0.6) is 0 Å². The first kappa shape index (κ1) is 14.9. The van der Waals surface area contributed by atoms with E-state index in [1.54, 1.807) is 9.80 Å². The third-order valence-corrected chi connectivity index (χ3v) is 3.00. The summed E-state index contributed by atoms with van der Waals surface area (Å²) in [5.41, 5.74) is -0.975. The quantitative estimate of drug-likeness (QED) is 0.693. The maximum Gasteiger partial charge on any atom is 0.410 e. The standard InChI is InChI=1S/C14H24N2O4/c1-13(2,3)19-11(17)15-7-9(15)10-8-16(10)12(18)20-14(4,5)6/h9-10H,7-8H2,1-6H3/t9-,10-,15?,16?/m1/s1. The third-order valence-electron chi connectivity index (χ3n) is 3.00. The van der Waals surface area contributed by atoms with Gasteiger partial charge in [0.15, 0.2) is 0 Å². The Balaban J connectivity index is 1.78. The predicted molar refractivity (Wildman–Crippen MR) is 73.5 cm³/mol. The molecule has 114 valence electrons. The summed E-state index contributed by atoms with van der Waals surface area (Å²) in [6.07, 6.45) is -0.614. The Kier molecular flexibility index (Phi) is 3.38. The maximum absolute atomic E-state index is 11.8. The van der Waals surface area contributed by atoms with E-state index >= 15 is 0 Å². The van der Waals surface area contributed by atoms with Crippen molar-refractivity contribution in [1.82, 2.24) is 9.80 Å². The number of ether oxygens (including phenoxy) is 2. The summed E-state index contributed by atoms with van der Waals surface area (Å²) in [6, 6.07) is 0.162. The second-order valence-corrected chi connectivity index (χ2v) is 7.40. The van der Waals surface area contributed by atoms with Crippen molar-refractivity contribution >= 4 is 12.2 Å². The molecule has 2 fully saturated rings. The lowest BCUT2D eigenvalue weighted by atomic mass is 10.2. The number of carbonyl (C=O) groups is 2. The van der Waals surface area contributed by atoms with Crippen molar-refractivity contribution in [2.75, 3.05) is 13.1 Å². The van der Waals surface area contributed by atoms with E-state index in [-0.39, 0.29) is 24.3 Å². The van der Waals surface area contributed by atoms with Crippen LogP contribution in [0, 0.1) is 0 Å². The molecule has 0 saturated carbocycles. The molecule has 2 aliphatic heterocycles. The molecule has 2 aliphatic rings. The summed E-state index contributed by atoms with van der Waals surface area (Å²) in [4.78, 5) is 27.0. The number of amides is 2. The topological polar surface area (TPSA) is 58.6 Å². The van der Waals surface area contributed by atoms with Crippen molar-refractivity contribution in [2.45, 2.75) is 64.8 Å². The molecular formula is C14H24N2O4. The van der Waals surface area contributed by atoms with Crippen LogP contribution < -0.4 is 0 Å². The fraction of sp³-hybridized carbons (Fsp3) is 0.857. The van der Waals surface area contributed by atoms with Crippen LogP contribution in [0.25, 0.3) is 0 Å². The molecular weight excluding hydrogens is 260 g/mol. The van der Waals surface area contributed by atoms with Crippen LogP contribution >= 0.6 is 0 Å². The van der Waals surface area contributed by atoms with Gasteiger partial charge in [-0.3, -0.25) is 9.80 Å². The monoisotopic (exact) mass is 284 g/mol. The zero-order chi connectivity index (χ0) is 15.3. The normalized spacial score (nSPS) is 25.3. The van der Waals surface area contributed by atoms with Gasteiger partial charge in [0.2, 0.25) is 0 Å². The maximum atomic E-state index is 11.8. The minimum Gasteiger partial charge on any atom is -0.444 e. The van der Waals surface area contributed by atoms with E-state index in [0.717, 1.165) is 0 Å². The fourth-order valence-corrected chi connectivity index (χ4v) is 2.03. The molecule has 0 bridgehead atoms. The van der Waals surface area contributed by atoms with Gasteiger partial charge in [0.25, 0.3) is 0 Å². The van der Waals surface area contributed by atoms with Crippen LogP contribution in [0.3, 0.4) is 0 Å². The molecule has 0 spiro atoms. The summed E-state index contributed by atoms with van der Waals surface area (Å²) < 4.78 is 10.6. The summed E-state index contributed by atoms with van der Waals surface area (Å²) in [5.74, 6) is 0. The van der Waals surface area contributed by atoms with Crippen molar-refractivity contribution in [3.63, 3.8) is 0 Å². The fourth-order valence-electron chi connectivity index (χ4n) is 2.03. The van der Waals surface area contributed by atoms with Gasteiger partial charge >= 0.3 is 12.2 Å². The molecule has 2 atom stereocenters. The number of rotatable bonds is 1. The van der Waals surface area contributed by atoms with E-state index in [1.165, 1.54) is 0 Å². The Morgan fingerprint density at radius 2 is 1.10 bits per heavy atom. The predicted octanol–water partition coefficient (Wildman–Crippen LogP) is 2.22. The Hall–Kier alpha value is -1.46. The largest absolute Gasteiger partial charge is 0.444 e. The molecule has 2 rings (SSSR count). The van der Waals surface area contributed by atoms with Gasteiger partial charge in [0.05, 0.1) is 12.1 Å². The highest BCUT2D eigenvalue weighted by Gasteiger charge is 2.57. The first-order valence-corrected chi connectivity index (χ1v) is 6.97. The van der Waals surface area contributed by atoms with Gasteiger partial charge in [-0.05, 0) is 41.5 Å². The van der Waals surface area contributed by atoms with E-state index in [0.29, 0.717) is 13.1 Å². The summed E-state index contributed by atoms with van der Waals surface area (Å²) in [5, 5.41) is 0. The van der Waals surface area contributed by atoms with Crippen molar-refractivity contribution in [3.8, 4) is 0 Å². The highest BCUT2D eigenvalue weighted by Crippen LogP contribution is 2.35. The van der Waals surface area contributed by atoms with Crippen LogP contribution in [-0.2, 0) is 9.47 Å². The summed E-state index contributed by atoms with van der Waals surface area (Å²) in [6.45, 7) is 12.3.